The summed E-state index contributed by atoms with van der Waals surface area (Å²) in [5, 5.41) is 0. The summed E-state index contributed by atoms with van der Waals surface area (Å²) < 4.78 is 6.22. The van der Waals surface area contributed by atoms with Gasteiger partial charge >= 0.3 is 5.97 Å². The van der Waals surface area contributed by atoms with Crippen molar-refractivity contribution in [2.75, 3.05) is 18.1 Å². The van der Waals surface area contributed by atoms with E-state index in [2.05, 4.69) is 18.8 Å². The van der Waals surface area contributed by atoms with Crippen LogP contribution in [0.15, 0.2) is 4.99 Å². The summed E-state index contributed by atoms with van der Waals surface area (Å²) >= 11 is 3.44. The molecule has 0 N–H and O–H groups in total. The Kier molecular flexibility index (Phi) is 7.77. The lowest BCUT2D eigenvalue weighted by atomic mass is 10.3. The molecule has 0 bridgehead atoms. The molecule has 1 aliphatic rings. The predicted octanol–water partition coefficient (Wildman–Crippen LogP) is 3.33. The first-order valence-electron chi connectivity index (χ1n) is 6.28. The summed E-state index contributed by atoms with van der Waals surface area (Å²) in [6.45, 7) is 4.79. The van der Waals surface area contributed by atoms with Crippen molar-refractivity contribution in [2.24, 2.45) is 4.99 Å². The molecule has 0 aromatic heterocycles. The summed E-state index contributed by atoms with van der Waals surface area (Å²) in [5.41, 5.74) is 0. The van der Waals surface area contributed by atoms with E-state index in [-0.39, 0.29) is 12.0 Å². The zero-order chi connectivity index (χ0) is 12.5. The Labute approximate surface area is 112 Å². The lowest BCUT2D eigenvalue weighted by molar-refractivity contribution is -0.144. The molecular weight excluding hydrogens is 254 g/mol. The van der Waals surface area contributed by atoms with Crippen LogP contribution >= 0.6 is 23.5 Å². The maximum atomic E-state index is 11.6. The van der Waals surface area contributed by atoms with Gasteiger partial charge in [-0.15, -0.1) is 0 Å². The van der Waals surface area contributed by atoms with E-state index in [4.69, 9.17) is 4.74 Å². The van der Waals surface area contributed by atoms with Crippen molar-refractivity contribution in [2.45, 2.75) is 45.6 Å². The number of thioether (sulfide) groups is 2. The number of nitrogens with zero attached hydrogens (tertiary/aromatic N) is 1. The van der Waals surface area contributed by atoms with Gasteiger partial charge in [0.2, 0.25) is 0 Å². The van der Waals surface area contributed by atoms with E-state index in [9.17, 15) is 4.79 Å². The van der Waals surface area contributed by atoms with Gasteiger partial charge in [0, 0.05) is 5.75 Å². The summed E-state index contributed by atoms with van der Waals surface area (Å²) in [4.78, 5) is 16.1. The molecule has 0 aromatic rings. The van der Waals surface area contributed by atoms with Gasteiger partial charge in [-0.3, -0.25) is 4.99 Å². The van der Waals surface area contributed by atoms with Crippen LogP contribution in [0.5, 0.6) is 0 Å². The van der Waals surface area contributed by atoms with E-state index >= 15 is 0 Å². The van der Waals surface area contributed by atoms with Crippen molar-refractivity contribution in [3.8, 4) is 0 Å². The fourth-order valence-electron chi connectivity index (χ4n) is 1.27. The number of aliphatic imine (C=N–C) groups is 1. The Balaban J connectivity index is 2.24. The normalized spacial score (nSPS) is 19.2. The fraction of sp³-hybridized carbons (Fsp3) is 0.833. The topological polar surface area (TPSA) is 38.7 Å². The summed E-state index contributed by atoms with van der Waals surface area (Å²) in [6, 6.07) is -0.263. The third-order valence-electron chi connectivity index (χ3n) is 2.36. The fourth-order valence-corrected chi connectivity index (χ4v) is 3.58. The maximum Gasteiger partial charge on any atom is 0.331 e. The first-order valence-corrected chi connectivity index (χ1v) is 8.25. The SMILES string of the molecule is CCCCOC(=O)[C@@H]1CSC(SCCCC)=N1. The van der Waals surface area contributed by atoms with Crippen LogP contribution in [0.2, 0.25) is 0 Å². The van der Waals surface area contributed by atoms with Crippen LogP contribution in [0.3, 0.4) is 0 Å². The van der Waals surface area contributed by atoms with Gasteiger partial charge in [0.05, 0.1) is 6.61 Å². The number of ether oxygens (including phenoxy) is 1. The zero-order valence-electron chi connectivity index (χ0n) is 10.6. The first-order chi connectivity index (χ1) is 8.27. The largest absolute Gasteiger partial charge is 0.464 e. The number of unbranched alkanes of at least 4 members (excludes halogenated alkanes) is 2. The van der Waals surface area contributed by atoms with Gasteiger partial charge < -0.3 is 4.74 Å². The van der Waals surface area contributed by atoms with E-state index in [1.807, 2.05) is 0 Å². The number of hydrogen-bond donors (Lipinski definition) is 0. The number of esters is 1. The minimum atomic E-state index is -0.263. The standard InChI is InChI=1S/C12H21NO2S2/c1-3-5-7-15-11(14)10-9-17-12(13-10)16-8-6-4-2/h10H,3-9H2,1-2H3/t10-/m0/s1. The lowest BCUT2D eigenvalue weighted by Gasteiger charge is -2.06. The van der Waals surface area contributed by atoms with Crippen molar-refractivity contribution in [1.82, 2.24) is 0 Å². The minimum absolute atomic E-state index is 0.156. The van der Waals surface area contributed by atoms with Gasteiger partial charge in [-0.25, -0.2) is 4.79 Å². The summed E-state index contributed by atoms with van der Waals surface area (Å²) in [6.07, 6.45) is 4.39. The maximum absolute atomic E-state index is 11.6. The molecule has 0 saturated carbocycles. The monoisotopic (exact) mass is 275 g/mol. The Hall–Kier alpha value is -0.160. The molecule has 0 aromatic carbocycles. The van der Waals surface area contributed by atoms with Gasteiger partial charge in [-0.05, 0) is 18.6 Å². The second kappa shape index (κ2) is 8.86. The average Bonchev–Trinajstić information content (AvgIpc) is 2.78. The Bertz CT molecular complexity index is 269. The molecule has 0 spiro atoms. The molecule has 0 saturated heterocycles. The second-order valence-electron chi connectivity index (χ2n) is 3.94. The zero-order valence-corrected chi connectivity index (χ0v) is 12.2. The number of rotatable bonds is 7. The Morgan fingerprint density at radius 2 is 2.24 bits per heavy atom. The average molecular weight is 275 g/mol. The number of carbonyl (C=O) groups is 1. The van der Waals surface area contributed by atoms with Crippen molar-refractivity contribution >= 4 is 33.9 Å². The minimum Gasteiger partial charge on any atom is -0.464 e. The lowest BCUT2D eigenvalue weighted by Crippen LogP contribution is -2.22. The van der Waals surface area contributed by atoms with Crippen molar-refractivity contribution < 1.29 is 9.53 Å². The molecule has 1 aliphatic heterocycles. The molecule has 5 heteroatoms. The third kappa shape index (κ3) is 5.82. The van der Waals surface area contributed by atoms with Crippen LogP contribution in [0.1, 0.15) is 39.5 Å². The predicted molar refractivity (Wildman–Crippen MR) is 76.9 cm³/mol. The first kappa shape index (κ1) is 14.9. The molecular formula is C12H21NO2S2. The van der Waals surface area contributed by atoms with Crippen LogP contribution in [-0.2, 0) is 9.53 Å². The van der Waals surface area contributed by atoms with Crippen LogP contribution in [0.25, 0.3) is 0 Å². The van der Waals surface area contributed by atoms with E-state index in [0.717, 1.165) is 28.7 Å². The second-order valence-corrected chi connectivity index (χ2v) is 6.30. The van der Waals surface area contributed by atoms with Crippen LogP contribution in [0.4, 0.5) is 0 Å². The highest BCUT2D eigenvalue weighted by atomic mass is 32.2. The highest BCUT2D eigenvalue weighted by Crippen LogP contribution is 2.27. The van der Waals surface area contributed by atoms with Gasteiger partial charge in [0.1, 0.15) is 4.38 Å². The number of carbonyl (C=O) groups excluding carboxylic acids is 1. The van der Waals surface area contributed by atoms with Crippen molar-refractivity contribution in [3.63, 3.8) is 0 Å². The van der Waals surface area contributed by atoms with Crippen molar-refractivity contribution in [3.05, 3.63) is 0 Å². The molecule has 98 valence electrons. The van der Waals surface area contributed by atoms with Gasteiger partial charge in [-0.1, -0.05) is 50.2 Å². The van der Waals surface area contributed by atoms with E-state index in [1.165, 1.54) is 12.8 Å². The van der Waals surface area contributed by atoms with Gasteiger partial charge in [0.15, 0.2) is 6.04 Å². The van der Waals surface area contributed by atoms with Gasteiger partial charge in [-0.2, -0.15) is 0 Å². The summed E-state index contributed by atoms with van der Waals surface area (Å²) in [5.74, 6) is 1.69. The van der Waals surface area contributed by atoms with Crippen LogP contribution < -0.4 is 0 Å². The smallest absolute Gasteiger partial charge is 0.331 e. The van der Waals surface area contributed by atoms with Crippen LogP contribution in [-0.4, -0.2) is 34.5 Å². The Morgan fingerprint density at radius 1 is 1.47 bits per heavy atom. The molecule has 1 heterocycles. The Morgan fingerprint density at radius 3 is 2.94 bits per heavy atom. The van der Waals surface area contributed by atoms with Crippen molar-refractivity contribution in [1.29, 1.82) is 0 Å². The molecule has 0 amide bonds. The third-order valence-corrected chi connectivity index (χ3v) is 4.75. The molecule has 17 heavy (non-hydrogen) atoms. The van der Waals surface area contributed by atoms with E-state index in [1.54, 1.807) is 23.5 Å². The molecule has 0 radical (unpaired) electrons. The van der Waals surface area contributed by atoms with Gasteiger partial charge in [0.25, 0.3) is 0 Å². The quantitative estimate of drug-likeness (QED) is 0.527. The molecule has 0 unspecified atom stereocenters. The summed E-state index contributed by atoms with van der Waals surface area (Å²) in [7, 11) is 0. The number of hydrogen-bond acceptors (Lipinski definition) is 5. The highest BCUT2D eigenvalue weighted by molar-refractivity contribution is 8.39. The van der Waals surface area contributed by atoms with E-state index < -0.39 is 0 Å². The van der Waals surface area contributed by atoms with Crippen LogP contribution in [0, 0.1) is 0 Å². The molecule has 1 atom stereocenters. The molecule has 3 nitrogen and oxygen atoms in total. The highest BCUT2D eigenvalue weighted by Gasteiger charge is 2.26. The molecule has 1 rings (SSSR count). The molecule has 0 fully saturated rings. The molecule has 0 aliphatic carbocycles. The van der Waals surface area contributed by atoms with E-state index in [0.29, 0.717) is 6.61 Å².